The third-order valence-corrected chi connectivity index (χ3v) is 3.80. The van der Waals surface area contributed by atoms with Crippen LogP contribution in [0, 0.1) is 5.92 Å². The Balaban J connectivity index is 1.70. The average Bonchev–Trinajstić information content (AvgIpc) is 3.22. The first kappa shape index (κ1) is 12.9. The van der Waals surface area contributed by atoms with Crippen molar-refractivity contribution in [2.24, 2.45) is 11.7 Å². The molecular formula is C16H19N3O. The highest BCUT2D eigenvalue weighted by molar-refractivity contribution is 6.00. The van der Waals surface area contributed by atoms with E-state index in [2.05, 4.69) is 10.3 Å². The van der Waals surface area contributed by atoms with Crippen molar-refractivity contribution in [2.75, 3.05) is 6.54 Å². The van der Waals surface area contributed by atoms with Crippen molar-refractivity contribution in [1.29, 1.82) is 0 Å². The van der Waals surface area contributed by atoms with Gasteiger partial charge < -0.3 is 16.0 Å². The number of rotatable bonds is 5. The second-order valence-electron chi connectivity index (χ2n) is 5.36. The van der Waals surface area contributed by atoms with Crippen molar-refractivity contribution >= 4 is 5.91 Å². The molecule has 3 rings (SSSR count). The summed E-state index contributed by atoms with van der Waals surface area (Å²) in [7, 11) is 0. The van der Waals surface area contributed by atoms with Gasteiger partial charge in [0, 0.05) is 30.5 Å². The molecule has 1 fully saturated rings. The van der Waals surface area contributed by atoms with Crippen LogP contribution in [-0.2, 0) is 0 Å². The summed E-state index contributed by atoms with van der Waals surface area (Å²) >= 11 is 0. The fourth-order valence-electron chi connectivity index (χ4n) is 2.41. The number of aromatic nitrogens is 1. The molecule has 1 unspecified atom stereocenters. The van der Waals surface area contributed by atoms with Gasteiger partial charge in [0.25, 0.3) is 5.91 Å². The first-order valence-corrected chi connectivity index (χ1v) is 7.01. The van der Waals surface area contributed by atoms with E-state index in [0.717, 1.165) is 11.1 Å². The topological polar surface area (TPSA) is 70.9 Å². The van der Waals surface area contributed by atoms with Crippen LogP contribution in [0.3, 0.4) is 0 Å². The van der Waals surface area contributed by atoms with Crippen LogP contribution in [0.15, 0.2) is 42.7 Å². The van der Waals surface area contributed by atoms with Gasteiger partial charge in [0.15, 0.2) is 0 Å². The molecule has 2 aromatic rings. The predicted molar refractivity (Wildman–Crippen MR) is 79.3 cm³/mol. The van der Waals surface area contributed by atoms with Crippen LogP contribution in [0.1, 0.15) is 23.2 Å². The molecule has 0 saturated heterocycles. The van der Waals surface area contributed by atoms with Gasteiger partial charge in [-0.2, -0.15) is 0 Å². The van der Waals surface area contributed by atoms with E-state index in [1.807, 2.05) is 36.5 Å². The molecule has 1 aliphatic rings. The van der Waals surface area contributed by atoms with E-state index in [9.17, 15) is 4.79 Å². The predicted octanol–water partition coefficient (Wildman–Crippen LogP) is 2.15. The summed E-state index contributed by atoms with van der Waals surface area (Å²) in [6.07, 6.45) is 5.97. The van der Waals surface area contributed by atoms with Gasteiger partial charge in [-0.25, -0.2) is 0 Å². The van der Waals surface area contributed by atoms with E-state index in [-0.39, 0.29) is 11.9 Å². The molecule has 1 aliphatic carbocycles. The third-order valence-electron chi connectivity index (χ3n) is 3.80. The van der Waals surface area contributed by atoms with Crippen LogP contribution in [0.25, 0.3) is 11.1 Å². The maximum absolute atomic E-state index is 12.3. The lowest BCUT2D eigenvalue weighted by molar-refractivity contribution is 0.0951. The normalized spacial score (nSPS) is 15.8. The molecule has 0 bridgehead atoms. The van der Waals surface area contributed by atoms with E-state index in [4.69, 9.17) is 5.73 Å². The number of carbonyl (C=O) groups is 1. The van der Waals surface area contributed by atoms with E-state index in [1.165, 1.54) is 12.8 Å². The minimum atomic E-state index is -0.0683. The number of benzene rings is 1. The van der Waals surface area contributed by atoms with E-state index < -0.39 is 0 Å². The summed E-state index contributed by atoms with van der Waals surface area (Å²) in [4.78, 5) is 15.3. The second-order valence-corrected chi connectivity index (χ2v) is 5.36. The highest BCUT2D eigenvalue weighted by atomic mass is 16.1. The Morgan fingerprint density at radius 2 is 2.05 bits per heavy atom. The SMILES string of the molecule is NC(CNC(=O)c1c[nH]cc1-c1ccccc1)C1CC1. The van der Waals surface area contributed by atoms with Crippen molar-refractivity contribution < 1.29 is 4.79 Å². The number of amides is 1. The van der Waals surface area contributed by atoms with E-state index in [1.54, 1.807) is 6.20 Å². The van der Waals surface area contributed by atoms with Crippen molar-refractivity contribution in [1.82, 2.24) is 10.3 Å². The summed E-state index contributed by atoms with van der Waals surface area (Å²) in [6.45, 7) is 0.545. The molecule has 0 radical (unpaired) electrons. The molecule has 1 amide bonds. The van der Waals surface area contributed by atoms with Gasteiger partial charge in [0.1, 0.15) is 0 Å². The molecule has 20 heavy (non-hydrogen) atoms. The Bertz CT molecular complexity index is 587. The average molecular weight is 269 g/mol. The molecule has 1 aromatic carbocycles. The van der Waals surface area contributed by atoms with Gasteiger partial charge >= 0.3 is 0 Å². The minimum absolute atomic E-state index is 0.0683. The monoisotopic (exact) mass is 269 g/mol. The Morgan fingerprint density at radius 1 is 1.30 bits per heavy atom. The summed E-state index contributed by atoms with van der Waals surface area (Å²) in [5.41, 5.74) is 8.63. The molecule has 4 nitrogen and oxygen atoms in total. The van der Waals surface area contributed by atoms with Crippen LogP contribution in [0.4, 0.5) is 0 Å². The maximum Gasteiger partial charge on any atom is 0.253 e. The fourth-order valence-corrected chi connectivity index (χ4v) is 2.41. The quantitative estimate of drug-likeness (QED) is 0.778. The molecule has 1 aromatic heterocycles. The van der Waals surface area contributed by atoms with Crippen LogP contribution < -0.4 is 11.1 Å². The summed E-state index contributed by atoms with van der Waals surface area (Å²) in [6, 6.07) is 9.97. The highest BCUT2D eigenvalue weighted by Crippen LogP contribution is 2.31. The zero-order chi connectivity index (χ0) is 13.9. The lowest BCUT2D eigenvalue weighted by Crippen LogP contribution is -2.38. The van der Waals surface area contributed by atoms with Crippen LogP contribution >= 0.6 is 0 Å². The number of hydrogen-bond donors (Lipinski definition) is 3. The fraction of sp³-hybridized carbons (Fsp3) is 0.312. The first-order valence-electron chi connectivity index (χ1n) is 7.01. The Hall–Kier alpha value is -2.07. The second kappa shape index (κ2) is 5.51. The van der Waals surface area contributed by atoms with Crippen molar-refractivity contribution in [2.45, 2.75) is 18.9 Å². The zero-order valence-corrected chi connectivity index (χ0v) is 11.3. The Kier molecular flexibility index (Phi) is 3.56. The van der Waals surface area contributed by atoms with Crippen molar-refractivity contribution in [3.63, 3.8) is 0 Å². The minimum Gasteiger partial charge on any atom is -0.366 e. The van der Waals surface area contributed by atoms with Crippen molar-refractivity contribution in [3.8, 4) is 11.1 Å². The highest BCUT2D eigenvalue weighted by Gasteiger charge is 2.28. The Morgan fingerprint density at radius 3 is 2.75 bits per heavy atom. The number of nitrogens with two attached hydrogens (primary N) is 1. The standard InChI is InChI=1S/C16H19N3O/c17-15(12-6-7-12)10-19-16(20)14-9-18-8-13(14)11-4-2-1-3-5-11/h1-5,8-9,12,15,18H,6-7,10,17H2,(H,19,20). The summed E-state index contributed by atoms with van der Waals surface area (Å²) < 4.78 is 0. The third kappa shape index (κ3) is 2.75. The number of carbonyl (C=O) groups excluding carboxylic acids is 1. The van der Waals surface area contributed by atoms with Gasteiger partial charge in [0.2, 0.25) is 0 Å². The van der Waals surface area contributed by atoms with Gasteiger partial charge in [-0.3, -0.25) is 4.79 Å². The van der Waals surface area contributed by atoms with Gasteiger partial charge in [0.05, 0.1) is 5.56 Å². The van der Waals surface area contributed by atoms with E-state index >= 15 is 0 Å². The van der Waals surface area contributed by atoms with Crippen molar-refractivity contribution in [3.05, 3.63) is 48.3 Å². The number of nitrogens with one attached hydrogen (secondary N) is 2. The molecule has 4 heteroatoms. The van der Waals surface area contributed by atoms with Gasteiger partial charge in [-0.05, 0) is 24.3 Å². The molecule has 4 N–H and O–H groups in total. The molecule has 104 valence electrons. The maximum atomic E-state index is 12.3. The lowest BCUT2D eigenvalue weighted by atomic mass is 10.0. The molecule has 1 heterocycles. The smallest absolute Gasteiger partial charge is 0.253 e. The number of H-pyrrole nitrogens is 1. The van der Waals surface area contributed by atoms with E-state index in [0.29, 0.717) is 18.0 Å². The molecule has 1 atom stereocenters. The summed E-state index contributed by atoms with van der Waals surface area (Å²) in [5.74, 6) is 0.524. The largest absolute Gasteiger partial charge is 0.366 e. The van der Waals surface area contributed by atoms with Crippen LogP contribution in [0.2, 0.25) is 0 Å². The molecule has 1 saturated carbocycles. The number of aromatic amines is 1. The Labute approximate surface area is 118 Å². The molecular weight excluding hydrogens is 250 g/mol. The zero-order valence-electron chi connectivity index (χ0n) is 11.3. The molecule has 0 spiro atoms. The first-order chi connectivity index (χ1) is 9.75. The van der Waals surface area contributed by atoms with Crippen LogP contribution in [-0.4, -0.2) is 23.5 Å². The molecule has 0 aliphatic heterocycles. The lowest BCUT2D eigenvalue weighted by Gasteiger charge is -2.11. The van der Waals surface area contributed by atoms with Crippen LogP contribution in [0.5, 0.6) is 0 Å². The summed E-state index contributed by atoms with van der Waals surface area (Å²) in [5, 5.41) is 2.93. The number of hydrogen-bond acceptors (Lipinski definition) is 2. The van der Waals surface area contributed by atoms with Gasteiger partial charge in [-0.15, -0.1) is 0 Å². The van der Waals surface area contributed by atoms with Gasteiger partial charge in [-0.1, -0.05) is 30.3 Å².